The average molecular weight is 246 g/mol. The summed E-state index contributed by atoms with van der Waals surface area (Å²) >= 11 is 0. The van der Waals surface area contributed by atoms with Gasteiger partial charge in [0.1, 0.15) is 11.3 Å². The minimum atomic E-state index is 0. The maximum Gasteiger partial charge on any atom is 0.338 e. The Morgan fingerprint density at radius 2 is 1.94 bits per heavy atom. The van der Waals surface area contributed by atoms with Crippen LogP contribution in [0.1, 0.15) is 63.7 Å². The number of hydrogen-bond donors (Lipinski definition) is 1. The molecule has 1 aromatic heterocycles. The second-order valence-corrected chi connectivity index (χ2v) is 4.71. The molecular weight excluding hydrogens is 226 g/mol. The van der Waals surface area contributed by atoms with Crippen LogP contribution in [-0.4, -0.2) is 5.27 Å². The molecule has 92 valence electrons. The summed E-state index contributed by atoms with van der Waals surface area (Å²) in [6, 6.07) is 0.454. The second kappa shape index (κ2) is 5.53. The first kappa shape index (κ1) is 13.3. The van der Waals surface area contributed by atoms with Gasteiger partial charge in [-0.3, -0.25) is 5.73 Å². The zero-order chi connectivity index (χ0) is 10.8. The molecule has 16 heavy (non-hydrogen) atoms. The van der Waals surface area contributed by atoms with Gasteiger partial charge in [0.2, 0.25) is 5.76 Å². The van der Waals surface area contributed by atoms with Crippen LogP contribution < -0.4 is 22.8 Å². The van der Waals surface area contributed by atoms with E-state index in [0.717, 1.165) is 11.6 Å². The van der Waals surface area contributed by atoms with Crippen molar-refractivity contribution in [3.8, 4) is 0 Å². The van der Waals surface area contributed by atoms with Gasteiger partial charge < -0.3 is 16.9 Å². The summed E-state index contributed by atoms with van der Waals surface area (Å²) in [5.41, 5.74) is 6.04. The minimum Gasteiger partial charge on any atom is -1.00 e. The van der Waals surface area contributed by atoms with Crippen molar-refractivity contribution in [3.63, 3.8) is 0 Å². The van der Waals surface area contributed by atoms with E-state index in [1.807, 2.05) is 4.68 Å². The van der Waals surface area contributed by atoms with E-state index in [1.165, 1.54) is 32.1 Å². The molecule has 0 bridgehead atoms. The van der Waals surface area contributed by atoms with Crippen LogP contribution in [0.3, 0.4) is 0 Å². The Kier molecular flexibility index (Phi) is 4.59. The minimum absolute atomic E-state index is 0. The van der Waals surface area contributed by atoms with Gasteiger partial charge in [0, 0.05) is 5.92 Å². The molecule has 0 atom stereocenters. The maximum atomic E-state index is 6.04. The van der Waals surface area contributed by atoms with E-state index in [1.54, 1.807) is 0 Å². The fourth-order valence-corrected chi connectivity index (χ4v) is 2.28. The van der Waals surface area contributed by atoms with Crippen molar-refractivity contribution in [2.45, 2.75) is 57.9 Å². The van der Waals surface area contributed by atoms with Gasteiger partial charge in [-0.25, -0.2) is 0 Å². The molecule has 2 rings (SSSR count). The Morgan fingerprint density at radius 1 is 1.31 bits per heavy atom. The van der Waals surface area contributed by atoms with E-state index in [0.29, 0.717) is 12.0 Å². The predicted octanol–water partition coefficient (Wildman–Crippen LogP) is -0.823. The average Bonchev–Trinajstić information content (AvgIpc) is 2.61. The molecular formula is C11H20ClN3O. The van der Waals surface area contributed by atoms with E-state index in [9.17, 15) is 0 Å². The molecule has 4 nitrogen and oxygen atoms in total. The Labute approximate surface area is 103 Å². The topological polar surface area (TPSA) is 55.9 Å². The van der Waals surface area contributed by atoms with E-state index in [2.05, 4.69) is 19.1 Å². The Bertz CT molecular complexity index is 332. The van der Waals surface area contributed by atoms with Gasteiger partial charge in [0.15, 0.2) is 0 Å². The van der Waals surface area contributed by atoms with Gasteiger partial charge in [0.25, 0.3) is 0 Å². The Balaban J connectivity index is 0.00000128. The fourth-order valence-electron chi connectivity index (χ4n) is 2.28. The van der Waals surface area contributed by atoms with Crippen LogP contribution in [0, 0.1) is 0 Å². The number of nitrogen functional groups attached to an aromatic ring is 1. The highest BCUT2D eigenvalue weighted by Gasteiger charge is 2.29. The molecule has 0 saturated heterocycles. The quantitative estimate of drug-likeness (QED) is 0.693. The molecule has 1 aromatic rings. The van der Waals surface area contributed by atoms with Crippen LogP contribution >= 0.6 is 0 Å². The van der Waals surface area contributed by atoms with Gasteiger partial charge >= 0.3 is 5.82 Å². The first-order valence-corrected chi connectivity index (χ1v) is 5.87. The highest BCUT2D eigenvalue weighted by atomic mass is 35.5. The first-order chi connectivity index (χ1) is 7.20. The number of rotatable bonds is 2. The molecule has 1 fully saturated rings. The lowest BCUT2D eigenvalue weighted by Gasteiger charge is -2.16. The summed E-state index contributed by atoms with van der Waals surface area (Å²) in [5, 5.41) is 4.08. The molecule has 1 heterocycles. The lowest BCUT2D eigenvalue weighted by Crippen LogP contribution is -3.00. The normalized spacial score (nSPS) is 17.4. The lowest BCUT2D eigenvalue weighted by atomic mass is 9.95. The Morgan fingerprint density at radius 3 is 2.44 bits per heavy atom. The predicted molar refractivity (Wildman–Crippen MR) is 57.3 cm³/mol. The van der Waals surface area contributed by atoms with Crippen LogP contribution in [0.4, 0.5) is 5.82 Å². The van der Waals surface area contributed by atoms with E-state index in [4.69, 9.17) is 10.3 Å². The van der Waals surface area contributed by atoms with E-state index >= 15 is 0 Å². The zero-order valence-electron chi connectivity index (χ0n) is 9.95. The molecule has 0 amide bonds. The van der Waals surface area contributed by atoms with Gasteiger partial charge in [-0.2, -0.15) is 0 Å². The van der Waals surface area contributed by atoms with Crippen molar-refractivity contribution in [1.29, 1.82) is 0 Å². The van der Waals surface area contributed by atoms with Crippen LogP contribution in [0.5, 0.6) is 0 Å². The molecule has 2 N–H and O–H groups in total. The highest BCUT2D eigenvalue weighted by Crippen LogP contribution is 2.26. The third-order valence-electron chi connectivity index (χ3n) is 3.17. The van der Waals surface area contributed by atoms with Crippen molar-refractivity contribution in [3.05, 3.63) is 5.76 Å². The molecule has 0 aliphatic heterocycles. The molecule has 0 spiro atoms. The number of hydrogen-bond acceptors (Lipinski definition) is 3. The van der Waals surface area contributed by atoms with Gasteiger partial charge in [-0.05, 0) is 25.7 Å². The van der Waals surface area contributed by atoms with Crippen molar-refractivity contribution < 1.29 is 21.6 Å². The second-order valence-electron chi connectivity index (χ2n) is 4.71. The largest absolute Gasteiger partial charge is 1.00 e. The van der Waals surface area contributed by atoms with E-state index in [-0.39, 0.29) is 12.4 Å². The summed E-state index contributed by atoms with van der Waals surface area (Å²) in [4.78, 5) is 0. The molecule has 5 heteroatoms. The number of aromatic nitrogens is 2. The summed E-state index contributed by atoms with van der Waals surface area (Å²) in [6.45, 7) is 4.14. The van der Waals surface area contributed by atoms with Crippen molar-refractivity contribution in [2.24, 2.45) is 0 Å². The number of halogens is 1. The summed E-state index contributed by atoms with van der Waals surface area (Å²) < 4.78 is 7.18. The van der Waals surface area contributed by atoms with Crippen LogP contribution in [0.25, 0.3) is 0 Å². The summed E-state index contributed by atoms with van der Waals surface area (Å²) in [5.74, 6) is 1.85. The summed E-state index contributed by atoms with van der Waals surface area (Å²) in [7, 11) is 0. The Hall–Kier alpha value is -0.770. The van der Waals surface area contributed by atoms with Gasteiger partial charge in [-0.1, -0.05) is 25.0 Å². The van der Waals surface area contributed by atoms with Crippen molar-refractivity contribution >= 4 is 5.82 Å². The molecule has 0 unspecified atom stereocenters. The standard InChI is InChI=1S/C11H20N3O.ClH/c1-8(2)10-11(12)14(13-15-10)9-6-4-3-5-7-9;/h8-9H,3-7,12H2,1-2H3;1H/q+1;/p-1. The molecule has 1 aliphatic carbocycles. The van der Waals surface area contributed by atoms with E-state index < -0.39 is 0 Å². The number of anilines is 1. The van der Waals surface area contributed by atoms with Crippen LogP contribution in [-0.2, 0) is 0 Å². The first-order valence-electron chi connectivity index (χ1n) is 5.87. The molecule has 0 radical (unpaired) electrons. The maximum absolute atomic E-state index is 6.04. The molecule has 0 aromatic carbocycles. The monoisotopic (exact) mass is 245 g/mol. The van der Waals surface area contributed by atoms with Gasteiger partial charge in [0.05, 0.1) is 0 Å². The third-order valence-corrected chi connectivity index (χ3v) is 3.17. The highest BCUT2D eigenvalue weighted by molar-refractivity contribution is 5.26. The van der Waals surface area contributed by atoms with Gasteiger partial charge in [-0.15, -0.1) is 0 Å². The lowest BCUT2D eigenvalue weighted by molar-refractivity contribution is -0.775. The van der Waals surface area contributed by atoms with Crippen molar-refractivity contribution in [1.82, 2.24) is 5.27 Å². The molecule has 1 aliphatic rings. The fraction of sp³-hybridized carbons (Fsp3) is 0.818. The number of nitrogens with zero attached hydrogens (tertiary/aromatic N) is 2. The van der Waals surface area contributed by atoms with Crippen LogP contribution in [0.2, 0.25) is 0 Å². The van der Waals surface area contributed by atoms with Crippen molar-refractivity contribution in [2.75, 3.05) is 5.73 Å². The SMILES string of the molecule is CC(C)c1on[n+](C2CCCCC2)c1N.[Cl-]. The molecule has 1 saturated carbocycles. The van der Waals surface area contributed by atoms with Crippen LogP contribution in [0.15, 0.2) is 4.52 Å². The third kappa shape index (κ3) is 2.48. The zero-order valence-corrected chi connectivity index (χ0v) is 10.7. The number of nitrogens with two attached hydrogens (primary N) is 1. The smallest absolute Gasteiger partial charge is 0.338 e. The summed E-state index contributed by atoms with van der Waals surface area (Å²) in [6.07, 6.45) is 6.26.